The molecule has 0 rings (SSSR count). The number of aliphatic hydroxyl groups excluding tert-OH is 2. The van der Waals surface area contributed by atoms with Crippen LogP contribution in [0.2, 0.25) is 0 Å². The molecule has 0 aliphatic heterocycles. The molecule has 0 aromatic rings. The summed E-state index contributed by atoms with van der Waals surface area (Å²) in [4.78, 5) is 12.5. The molecule has 1 amide bonds. The number of carbonyl (C=O) groups excluding carboxylic acids is 1. The number of carbonyl (C=O) groups is 1. The van der Waals surface area contributed by atoms with Gasteiger partial charge in [-0.15, -0.1) is 0 Å². The van der Waals surface area contributed by atoms with E-state index >= 15 is 0 Å². The zero-order chi connectivity index (χ0) is 46.3. The normalized spacial score (nSPS) is 13.2. The zero-order valence-electron chi connectivity index (χ0n) is 43.1. The van der Waals surface area contributed by atoms with Crippen molar-refractivity contribution in [3.05, 3.63) is 60.8 Å². The molecule has 2 atom stereocenters. The van der Waals surface area contributed by atoms with Gasteiger partial charge in [0.1, 0.15) is 0 Å². The van der Waals surface area contributed by atoms with Gasteiger partial charge in [0.15, 0.2) is 0 Å². The van der Waals surface area contributed by atoms with Gasteiger partial charge in [0, 0.05) is 6.42 Å². The molecule has 0 fully saturated rings. The van der Waals surface area contributed by atoms with Crippen LogP contribution in [-0.4, -0.2) is 34.9 Å². The van der Waals surface area contributed by atoms with E-state index in [1.807, 2.05) is 6.08 Å². The maximum absolute atomic E-state index is 12.5. The number of nitrogens with one attached hydrogen (secondary N) is 1. The lowest BCUT2D eigenvalue weighted by Gasteiger charge is -2.19. The smallest absolute Gasteiger partial charge is 0.220 e. The number of allylic oxidation sites excluding steroid dienone is 9. The molecule has 64 heavy (non-hydrogen) atoms. The maximum atomic E-state index is 12.5. The Bertz CT molecular complexity index is 1060. The van der Waals surface area contributed by atoms with E-state index in [1.165, 1.54) is 231 Å². The van der Waals surface area contributed by atoms with Crippen molar-refractivity contribution in [2.24, 2.45) is 0 Å². The molecule has 0 bridgehead atoms. The molecule has 4 heteroatoms. The first-order valence-corrected chi connectivity index (χ1v) is 28.5. The van der Waals surface area contributed by atoms with Gasteiger partial charge >= 0.3 is 0 Å². The van der Waals surface area contributed by atoms with Crippen molar-refractivity contribution in [3.8, 4) is 0 Å². The van der Waals surface area contributed by atoms with Crippen LogP contribution in [0.15, 0.2) is 60.8 Å². The highest BCUT2D eigenvalue weighted by atomic mass is 16.3. The fourth-order valence-electron chi connectivity index (χ4n) is 8.60. The van der Waals surface area contributed by atoms with Crippen LogP contribution in [0.25, 0.3) is 0 Å². The molecule has 0 saturated heterocycles. The van der Waals surface area contributed by atoms with Crippen LogP contribution in [-0.2, 0) is 4.79 Å². The summed E-state index contributed by atoms with van der Waals surface area (Å²) in [5, 5.41) is 23.1. The summed E-state index contributed by atoms with van der Waals surface area (Å²) in [6.07, 6.45) is 78.1. The van der Waals surface area contributed by atoms with E-state index < -0.39 is 12.1 Å². The van der Waals surface area contributed by atoms with Crippen LogP contribution >= 0.6 is 0 Å². The predicted octanol–water partition coefficient (Wildman–Crippen LogP) is 18.8. The second-order valence-corrected chi connectivity index (χ2v) is 19.3. The van der Waals surface area contributed by atoms with Crippen LogP contribution < -0.4 is 5.32 Å². The van der Waals surface area contributed by atoms with E-state index in [2.05, 4.69) is 67.8 Å². The highest BCUT2D eigenvalue weighted by Crippen LogP contribution is 2.16. The molecule has 0 radical (unpaired) electrons. The average molecular weight is 895 g/mol. The monoisotopic (exact) mass is 894 g/mol. The minimum Gasteiger partial charge on any atom is -0.394 e. The Hall–Kier alpha value is -1.91. The average Bonchev–Trinajstić information content (AvgIpc) is 3.30. The van der Waals surface area contributed by atoms with Crippen molar-refractivity contribution in [2.75, 3.05) is 6.61 Å². The lowest BCUT2D eigenvalue weighted by atomic mass is 10.0. The van der Waals surface area contributed by atoms with E-state index in [1.54, 1.807) is 6.08 Å². The first-order chi connectivity index (χ1) is 31.7. The Balaban J connectivity index is 3.57. The van der Waals surface area contributed by atoms with Crippen LogP contribution in [0.4, 0.5) is 0 Å². The van der Waals surface area contributed by atoms with Crippen LogP contribution in [0, 0.1) is 0 Å². The van der Waals surface area contributed by atoms with Crippen LogP contribution in [0.1, 0.15) is 296 Å². The van der Waals surface area contributed by atoms with Gasteiger partial charge in [-0.05, 0) is 77.0 Å². The van der Waals surface area contributed by atoms with Crippen molar-refractivity contribution in [2.45, 2.75) is 309 Å². The van der Waals surface area contributed by atoms with Gasteiger partial charge in [-0.1, -0.05) is 274 Å². The minimum atomic E-state index is -0.874. The lowest BCUT2D eigenvalue weighted by molar-refractivity contribution is -0.123. The number of amides is 1. The van der Waals surface area contributed by atoms with E-state index in [0.717, 1.165) is 44.9 Å². The molecule has 0 aliphatic carbocycles. The van der Waals surface area contributed by atoms with Gasteiger partial charge in [-0.3, -0.25) is 4.79 Å². The Kier molecular flexibility index (Phi) is 53.8. The second kappa shape index (κ2) is 55.4. The molecule has 0 aromatic carbocycles. The van der Waals surface area contributed by atoms with E-state index in [9.17, 15) is 15.0 Å². The fraction of sp³-hybridized carbons (Fsp3) is 0.817. The summed E-state index contributed by atoms with van der Waals surface area (Å²) < 4.78 is 0. The number of rotatable bonds is 52. The van der Waals surface area contributed by atoms with Gasteiger partial charge < -0.3 is 15.5 Å². The standard InChI is InChI=1S/C60H111NO3/c1-3-5-7-9-11-13-15-17-19-21-23-25-27-29-30-32-34-36-38-40-42-44-46-48-50-52-54-56-60(64)61-58(57-62)59(63)55-53-51-49-47-45-43-41-39-37-35-33-31-28-26-24-22-20-18-16-14-12-10-8-6-4-2/h23,25,29-30,37,39,45,47,53,55,58-59,62-63H,3-22,24,26-28,31-36,38,40-44,46,48-52,54,56-57H2,1-2H3,(H,61,64)/b25-23-,30-29-,39-37+,47-45+,55-53+. The summed E-state index contributed by atoms with van der Waals surface area (Å²) in [5.41, 5.74) is 0. The Morgan fingerprint density at radius 3 is 1.00 bits per heavy atom. The second-order valence-electron chi connectivity index (χ2n) is 19.3. The fourth-order valence-corrected chi connectivity index (χ4v) is 8.60. The summed E-state index contributed by atoms with van der Waals surface area (Å²) in [6, 6.07) is -0.650. The third kappa shape index (κ3) is 51.1. The number of unbranched alkanes of at least 4 members (excludes halogenated alkanes) is 37. The van der Waals surface area contributed by atoms with Gasteiger partial charge in [-0.25, -0.2) is 0 Å². The summed E-state index contributed by atoms with van der Waals surface area (Å²) in [5.74, 6) is -0.0785. The highest BCUT2D eigenvalue weighted by Gasteiger charge is 2.18. The largest absolute Gasteiger partial charge is 0.394 e. The summed E-state index contributed by atoms with van der Waals surface area (Å²) in [6.45, 7) is 4.32. The molecular formula is C60H111NO3. The molecule has 0 aliphatic rings. The third-order valence-electron chi connectivity index (χ3n) is 13.0. The zero-order valence-corrected chi connectivity index (χ0v) is 43.1. The Morgan fingerprint density at radius 2 is 0.656 bits per heavy atom. The number of hydrogen-bond donors (Lipinski definition) is 3. The Morgan fingerprint density at radius 1 is 0.375 bits per heavy atom. The van der Waals surface area contributed by atoms with Crippen LogP contribution in [0.3, 0.4) is 0 Å². The number of hydrogen-bond acceptors (Lipinski definition) is 3. The van der Waals surface area contributed by atoms with Gasteiger partial charge in [0.25, 0.3) is 0 Å². The van der Waals surface area contributed by atoms with Crippen LogP contribution in [0.5, 0.6) is 0 Å². The molecular weight excluding hydrogens is 783 g/mol. The third-order valence-corrected chi connectivity index (χ3v) is 13.0. The molecule has 0 saturated carbocycles. The molecule has 4 nitrogen and oxygen atoms in total. The molecule has 374 valence electrons. The summed E-state index contributed by atoms with van der Waals surface area (Å²) in [7, 11) is 0. The molecule has 0 heterocycles. The quantitative estimate of drug-likeness (QED) is 0.0421. The molecule has 3 N–H and O–H groups in total. The van der Waals surface area contributed by atoms with E-state index in [4.69, 9.17) is 0 Å². The SMILES string of the molecule is CCCCCCCCCCC/C=C\C/C=C\CCCCCCCCCCCCCC(=O)NC(CO)C(O)/C=C/CC/C=C/CC/C=C/CCCCCCCCCCCCCCCCC. The number of aliphatic hydroxyl groups is 2. The van der Waals surface area contributed by atoms with Gasteiger partial charge in [0.05, 0.1) is 18.8 Å². The first kappa shape index (κ1) is 62.1. The maximum Gasteiger partial charge on any atom is 0.220 e. The predicted molar refractivity (Wildman–Crippen MR) is 285 cm³/mol. The molecule has 0 aromatic heterocycles. The topological polar surface area (TPSA) is 69.6 Å². The van der Waals surface area contributed by atoms with Crippen molar-refractivity contribution < 1.29 is 15.0 Å². The summed E-state index contributed by atoms with van der Waals surface area (Å²) >= 11 is 0. The first-order valence-electron chi connectivity index (χ1n) is 28.5. The minimum absolute atomic E-state index is 0.0785. The molecule has 2 unspecified atom stereocenters. The van der Waals surface area contributed by atoms with Crippen molar-refractivity contribution >= 4 is 5.91 Å². The Labute approximate surface area is 400 Å². The van der Waals surface area contributed by atoms with Crippen molar-refractivity contribution in [3.63, 3.8) is 0 Å². The van der Waals surface area contributed by atoms with Crippen molar-refractivity contribution in [1.29, 1.82) is 0 Å². The highest BCUT2D eigenvalue weighted by molar-refractivity contribution is 5.76. The molecule has 0 spiro atoms. The van der Waals surface area contributed by atoms with Gasteiger partial charge in [-0.2, -0.15) is 0 Å². The van der Waals surface area contributed by atoms with E-state index in [0.29, 0.717) is 6.42 Å². The lowest BCUT2D eigenvalue weighted by Crippen LogP contribution is -2.45. The van der Waals surface area contributed by atoms with Crippen molar-refractivity contribution in [1.82, 2.24) is 5.32 Å². The van der Waals surface area contributed by atoms with Gasteiger partial charge in [0.2, 0.25) is 5.91 Å². The van der Waals surface area contributed by atoms with E-state index in [-0.39, 0.29) is 12.5 Å².